The summed E-state index contributed by atoms with van der Waals surface area (Å²) in [7, 11) is -8.04. The van der Waals surface area contributed by atoms with Crippen LogP contribution in [0.3, 0.4) is 0 Å². The number of aryl methyl sites for hydroxylation is 2. The Labute approximate surface area is 205 Å². The number of rotatable bonds is 3. The van der Waals surface area contributed by atoms with Gasteiger partial charge in [0.2, 0.25) is 0 Å². The molecule has 4 rings (SSSR count). The maximum atomic E-state index is 10.5. The second-order valence-corrected chi connectivity index (χ2v) is 12.2. The van der Waals surface area contributed by atoms with Gasteiger partial charge in [-0.25, -0.2) is 0 Å². The molecule has 0 radical (unpaired) electrons. The standard InChI is InChI=1S/C12H22.2C7H8O3S/c1-3-7-11(8-4-1)12-9-5-2-6-10-12;2*1-6-2-4-7(5-3-6)11(8,9)10/h11-12H,1-10H2;2*2-5H,1H3,(H,8,9,10). The molecule has 2 N–H and O–H groups in total. The van der Waals surface area contributed by atoms with Crippen molar-refractivity contribution in [1.82, 2.24) is 0 Å². The summed E-state index contributed by atoms with van der Waals surface area (Å²) in [5, 5.41) is 0. The van der Waals surface area contributed by atoms with Crippen LogP contribution >= 0.6 is 0 Å². The van der Waals surface area contributed by atoms with Gasteiger partial charge in [0, 0.05) is 0 Å². The SMILES string of the molecule is C1CCC(C2CCCCC2)CC1.Cc1ccc(S(=O)(=O)O)cc1.Cc1ccc(S(=O)(=O)O)cc1. The van der Waals surface area contributed by atoms with Gasteiger partial charge in [-0.2, -0.15) is 16.8 Å². The molecule has 34 heavy (non-hydrogen) atoms. The van der Waals surface area contributed by atoms with Gasteiger partial charge in [-0.05, 0) is 49.9 Å². The van der Waals surface area contributed by atoms with Crippen molar-refractivity contribution in [2.75, 3.05) is 0 Å². The second-order valence-electron chi connectivity index (χ2n) is 9.37. The molecule has 0 spiro atoms. The summed E-state index contributed by atoms with van der Waals surface area (Å²) in [6.07, 6.45) is 15.4. The van der Waals surface area contributed by atoms with Crippen molar-refractivity contribution in [1.29, 1.82) is 0 Å². The molecule has 2 saturated carbocycles. The zero-order valence-corrected chi connectivity index (χ0v) is 21.8. The van der Waals surface area contributed by atoms with Crippen LogP contribution in [0, 0.1) is 25.7 Å². The van der Waals surface area contributed by atoms with Gasteiger partial charge in [0.25, 0.3) is 20.2 Å². The first-order chi connectivity index (χ1) is 16.0. The Morgan fingerprint density at radius 1 is 0.529 bits per heavy atom. The van der Waals surface area contributed by atoms with Crippen LogP contribution in [0.4, 0.5) is 0 Å². The lowest BCUT2D eigenvalue weighted by Crippen LogP contribution is -2.20. The number of hydrogen-bond acceptors (Lipinski definition) is 4. The van der Waals surface area contributed by atoms with Crippen LogP contribution in [0.15, 0.2) is 58.3 Å². The largest absolute Gasteiger partial charge is 0.294 e. The van der Waals surface area contributed by atoms with E-state index in [0.717, 1.165) is 23.0 Å². The predicted octanol–water partition coefficient (Wildman–Crippen LogP) is 6.63. The highest BCUT2D eigenvalue weighted by Crippen LogP contribution is 2.37. The molecule has 0 aromatic heterocycles. The molecular weight excluding hydrogens is 472 g/mol. The number of benzene rings is 2. The molecule has 0 saturated heterocycles. The Kier molecular flexibility index (Phi) is 11.2. The highest BCUT2D eigenvalue weighted by molar-refractivity contribution is 7.86. The van der Waals surface area contributed by atoms with E-state index in [2.05, 4.69) is 0 Å². The maximum absolute atomic E-state index is 10.5. The first-order valence-corrected chi connectivity index (χ1v) is 14.9. The van der Waals surface area contributed by atoms with Crippen LogP contribution < -0.4 is 0 Å². The minimum absolute atomic E-state index is 0.0666. The molecule has 2 aliphatic rings. The van der Waals surface area contributed by atoms with E-state index in [1.165, 1.54) is 62.8 Å². The van der Waals surface area contributed by atoms with E-state index in [1.807, 2.05) is 13.8 Å². The molecule has 8 heteroatoms. The summed E-state index contributed by atoms with van der Waals surface area (Å²) in [5.74, 6) is 2.28. The molecule has 2 aromatic rings. The monoisotopic (exact) mass is 510 g/mol. The maximum Gasteiger partial charge on any atom is 0.294 e. The Morgan fingerprint density at radius 2 is 0.794 bits per heavy atom. The third-order valence-corrected chi connectivity index (χ3v) is 8.34. The van der Waals surface area contributed by atoms with Gasteiger partial charge >= 0.3 is 0 Å². The summed E-state index contributed by atoms with van der Waals surface area (Å²) in [6, 6.07) is 12.0. The highest BCUT2D eigenvalue weighted by atomic mass is 32.2. The van der Waals surface area contributed by atoms with Crippen LogP contribution in [0.2, 0.25) is 0 Å². The Bertz CT molecular complexity index is 974. The smallest absolute Gasteiger partial charge is 0.282 e. The van der Waals surface area contributed by atoms with E-state index in [-0.39, 0.29) is 9.79 Å². The summed E-state index contributed by atoms with van der Waals surface area (Å²) >= 11 is 0. The van der Waals surface area contributed by atoms with E-state index >= 15 is 0 Å². The van der Waals surface area contributed by atoms with Crippen LogP contribution in [0.5, 0.6) is 0 Å². The molecule has 0 bridgehead atoms. The topological polar surface area (TPSA) is 109 Å². The molecule has 2 aliphatic carbocycles. The molecule has 190 valence electrons. The normalized spacial score (nSPS) is 17.6. The quantitative estimate of drug-likeness (QED) is 0.449. The van der Waals surface area contributed by atoms with Gasteiger partial charge in [0.1, 0.15) is 0 Å². The van der Waals surface area contributed by atoms with Crippen molar-refractivity contribution >= 4 is 20.2 Å². The molecule has 0 aliphatic heterocycles. The van der Waals surface area contributed by atoms with Crippen LogP contribution in [-0.2, 0) is 20.2 Å². The summed E-state index contributed by atoms with van der Waals surface area (Å²) in [6.45, 7) is 3.68. The summed E-state index contributed by atoms with van der Waals surface area (Å²) < 4.78 is 59.1. The zero-order valence-electron chi connectivity index (χ0n) is 20.2. The molecule has 2 fully saturated rings. The Balaban J connectivity index is 0.000000181. The van der Waals surface area contributed by atoms with Gasteiger partial charge in [-0.1, -0.05) is 99.6 Å². The van der Waals surface area contributed by atoms with Crippen molar-refractivity contribution in [3.63, 3.8) is 0 Å². The number of hydrogen-bond donors (Lipinski definition) is 2. The fraction of sp³-hybridized carbons (Fsp3) is 0.538. The molecule has 0 heterocycles. The van der Waals surface area contributed by atoms with Gasteiger partial charge in [-0.3, -0.25) is 9.11 Å². The van der Waals surface area contributed by atoms with Gasteiger partial charge in [-0.15, -0.1) is 0 Å². The van der Waals surface area contributed by atoms with Gasteiger partial charge in [0.15, 0.2) is 0 Å². The average molecular weight is 511 g/mol. The highest BCUT2D eigenvalue weighted by Gasteiger charge is 2.24. The third kappa shape index (κ3) is 10.3. The fourth-order valence-electron chi connectivity index (χ4n) is 4.63. The van der Waals surface area contributed by atoms with E-state index in [4.69, 9.17) is 9.11 Å². The third-order valence-electron chi connectivity index (χ3n) is 6.60. The van der Waals surface area contributed by atoms with Crippen molar-refractivity contribution < 1.29 is 25.9 Å². The van der Waals surface area contributed by atoms with Gasteiger partial charge in [0.05, 0.1) is 9.79 Å². The van der Waals surface area contributed by atoms with E-state index in [0.29, 0.717) is 0 Å². The minimum atomic E-state index is -4.02. The first-order valence-electron chi connectivity index (χ1n) is 12.0. The Morgan fingerprint density at radius 3 is 1.03 bits per heavy atom. The van der Waals surface area contributed by atoms with Crippen LogP contribution in [0.25, 0.3) is 0 Å². The van der Waals surface area contributed by atoms with Crippen molar-refractivity contribution in [3.8, 4) is 0 Å². The zero-order chi connectivity index (χ0) is 25.2. The van der Waals surface area contributed by atoms with Crippen LogP contribution in [-0.4, -0.2) is 25.9 Å². The minimum Gasteiger partial charge on any atom is -0.282 e. The lowest BCUT2D eigenvalue weighted by molar-refractivity contribution is 0.196. The molecule has 0 amide bonds. The molecule has 6 nitrogen and oxygen atoms in total. The van der Waals surface area contributed by atoms with E-state index < -0.39 is 20.2 Å². The van der Waals surface area contributed by atoms with Crippen molar-refractivity contribution in [2.45, 2.75) is 87.8 Å². The van der Waals surface area contributed by atoms with E-state index in [1.54, 1.807) is 49.9 Å². The second kappa shape index (κ2) is 13.4. The molecular formula is C26H38O6S2. The predicted molar refractivity (Wildman–Crippen MR) is 135 cm³/mol. The Hall–Kier alpha value is -1.74. The lowest BCUT2D eigenvalue weighted by Gasteiger charge is -2.32. The fourth-order valence-corrected chi connectivity index (χ4v) is 5.59. The van der Waals surface area contributed by atoms with Crippen molar-refractivity contribution in [2.24, 2.45) is 11.8 Å². The molecule has 0 atom stereocenters. The van der Waals surface area contributed by atoms with Gasteiger partial charge < -0.3 is 0 Å². The van der Waals surface area contributed by atoms with E-state index in [9.17, 15) is 16.8 Å². The average Bonchev–Trinajstić information content (AvgIpc) is 2.80. The van der Waals surface area contributed by atoms with Crippen LogP contribution in [0.1, 0.15) is 75.3 Å². The first kappa shape index (κ1) is 28.5. The molecule has 0 unspecified atom stereocenters. The lowest BCUT2D eigenvalue weighted by atomic mass is 9.73. The summed E-state index contributed by atoms with van der Waals surface area (Å²) in [5.41, 5.74) is 1.91. The summed E-state index contributed by atoms with van der Waals surface area (Å²) in [4.78, 5) is -0.133. The molecule has 2 aromatic carbocycles. The van der Waals surface area contributed by atoms with Crippen molar-refractivity contribution in [3.05, 3.63) is 59.7 Å².